The molecule has 8 heteroatoms. The summed E-state index contributed by atoms with van der Waals surface area (Å²) in [5.41, 5.74) is 3.80. The summed E-state index contributed by atoms with van der Waals surface area (Å²) in [5, 5.41) is 0.603. The molecule has 202 valence electrons. The van der Waals surface area contributed by atoms with E-state index in [0.717, 1.165) is 28.9 Å². The molecule has 0 radical (unpaired) electrons. The summed E-state index contributed by atoms with van der Waals surface area (Å²) in [6, 6.07) is 0. The van der Waals surface area contributed by atoms with Crippen molar-refractivity contribution in [1.82, 2.24) is 0 Å². The molecule has 0 fully saturated rings. The average molecular weight is 537 g/mol. The van der Waals surface area contributed by atoms with Gasteiger partial charge in [0, 0.05) is 17.9 Å². The molecule has 0 spiro atoms. The van der Waals surface area contributed by atoms with E-state index in [-0.39, 0.29) is 24.3 Å². The number of halogens is 3. The molecule has 0 N–H and O–H groups in total. The second kappa shape index (κ2) is 17.1. The van der Waals surface area contributed by atoms with Crippen molar-refractivity contribution in [3.05, 3.63) is 58.5 Å². The SMILES string of the molecule is C=C(/C=C(\C=C(/C)CSC(=C)O/C(C)=C(/C)CC)CCCCS(=O)(=O)CCC)CCCC(F)(F)F. The van der Waals surface area contributed by atoms with Gasteiger partial charge in [-0.2, -0.15) is 13.2 Å². The molecule has 0 atom stereocenters. The maximum Gasteiger partial charge on any atom is 0.389 e. The molecule has 0 aliphatic carbocycles. The number of hydrogen-bond donors (Lipinski definition) is 0. The monoisotopic (exact) mass is 536 g/mol. The van der Waals surface area contributed by atoms with Gasteiger partial charge in [0.2, 0.25) is 0 Å². The van der Waals surface area contributed by atoms with Crippen LogP contribution in [0.2, 0.25) is 0 Å². The molecule has 0 unspecified atom stereocenters. The van der Waals surface area contributed by atoms with E-state index >= 15 is 0 Å². The number of thioether (sulfide) groups is 1. The second-order valence-corrected chi connectivity index (χ2v) is 12.2. The summed E-state index contributed by atoms with van der Waals surface area (Å²) in [7, 11) is -3.03. The van der Waals surface area contributed by atoms with E-state index < -0.39 is 22.4 Å². The first-order valence-electron chi connectivity index (χ1n) is 12.2. The molecule has 3 nitrogen and oxygen atoms in total. The topological polar surface area (TPSA) is 43.4 Å². The summed E-state index contributed by atoms with van der Waals surface area (Å²) >= 11 is 1.48. The highest BCUT2D eigenvalue weighted by Crippen LogP contribution is 2.26. The Bertz CT molecular complexity index is 880. The standard InChI is InChI=1S/C27H43F3O3S2/c1-8-16-35(31,32)17-11-10-14-26(18-21(3)13-12-15-27(28,29)30)19-22(4)20-34-25(7)33-24(6)23(5)9-2/h18-19H,3,7-17,20H2,1-2,4-6H3/b22-19+,24-23-,26-18-. The third kappa shape index (κ3) is 18.5. The third-order valence-electron chi connectivity index (χ3n) is 5.32. The molecule has 0 aliphatic rings. The average Bonchev–Trinajstić information content (AvgIpc) is 2.73. The van der Waals surface area contributed by atoms with Crippen molar-refractivity contribution in [3.63, 3.8) is 0 Å². The van der Waals surface area contributed by atoms with Crippen molar-refractivity contribution in [3.8, 4) is 0 Å². The molecular formula is C27H43F3O3S2. The number of allylic oxidation sites excluding steroid dienone is 6. The van der Waals surface area contributed by atoms with E-state index in [9.17, 15) is 21.6 Å². The fourth-order valence-electron chi connectivity index (χ4n) is 3.19. The number of rotatable bonds is 18. The normalized spacial score (nSPS) is 14.1. The predicted molar refractivity (Wildman–Crippen MR) is 145 cm³/mol. The minimum absolute atomic E-state index is 0.00112. The van der Waals surface area contributed by atoms with Gasteiger partial charge in [-0.3, -0.25) is 0 Å². The van der Waals surface area contributed by atoms with Gasteiger partial charge >= 0.3 is 6.18 Å². The van der Waals surface area contributed by atoms with Crippen LogP contribution in [-0.4, -0.2) is 31.9 Å². The zero-order valence-corrected chi connectivity index (χ0v) is 23.7. The summed E-state index contributed by atoms with van der Waals surface area (Å²) in [5.74, 6) is 1.85. The van der Waals surface area contributed by atoms with Crippen LogP contribution < -0.4 is 0 Å². The molecule has 0 aromatic carbocycles. The zero-order valence-electron chi connectivity index (χ0n) is 22.0. The number of hydrogen-bond acceptors (Lipinski definition) is 4. The van der Waals surface area contributed by atoms with E-state index in [4.69, 9.17) is 4.74 Å². The Kier molecular flexibility index (Phi) is 16.4. The van der Waals surface area contributed by atoms with Crippen LogP contribution in [0.3, 0.4) is 0 Å². The highest BCUT2D eigenvalue weighted by atomic mass is 32.2. The van der Waals surface area contributed by atoms with Gasteiger partial charge in [0.05, 0.1) is 5.75 Å². The molecule has 0 aromatic heterocycles. The highest BCUT2D eigenvalue weighted by molar-refractivity contribution is 8.03. The lowest BCUT2D eigenvalue weighted by atomic mass is 10.0. The van der Waals surface area contributed by atoms with Crippen molar-refractivity contribution >= 4 is 21.6 Å². The second-order valence-electron chi connectivity index (χ2n) is 8.90. The van der Waals surface area contributed by atoms with Gasteiger partial charge in [-0.1, -0.05) is 55.5 Å². The van der Waals surface area contributed by atoms with Gasteiger partial charge in [-0.05, 0) is 83.4 Å². The molecule has 0 amide bonds. The maximum absolute atomic E-state index is 12.5. The van der Waals surface area contributed by atoms with Gasteiger partial charge in [0.1, 0.15) is 15.6 Å². The van der Waals surface area contributed by atoms with Crippen molar-refractivity contribution < 1.29 is 26.3 Å². The minimum atomic E-state index is -4.17. The number of alkyl halides is 3. The fraction of sp³-hybridized carbons (Fsp3) is 0.630. The largest absolute Gasteiger partial charge is 0.456 e. The molecule has 0 heterocycles. The molecule has 0 saturated carbocycles. The summed E-state index contributed by atoms with van der Waals surface area (Å²) in [6.45, 7) is 17.7. The van der Waals surface area contributed by atoms with E-state index in [0.29, 0.717) is 42.1 Å². The van der Waals surface area contributed by atoms with Crippen LogP contribution in [-0.2, 0) is 14.6 Å². The van der Waals surface area contributed by atoms with Gasteiger partial charge in [-0.15, -0.1) is 0 Å². The third-order valence-corrected chi connectivity index (χ3v) is 8.27. The maximum atomic E-state index is 12.5. The molecule has 0 saturated heterocycles. The van der Waals surface area contributed by atoms with Crippen LogP contribution >= 0.6 is 11.8 Å². The van der Waals surface area contributed by atoms with Crippen LogP contribution in [0.15, 0.2) is 58.5 Å². The number of sulfone groups is 1. The van der Waals surface area contributed by atoms with Crippen LogP contribution in [0.5, 0.6) is 0 Å². The quantitative estimate of drug-likeness (QED) is 0.0995. The Morgan fingerprint density at radius 2 is 1.63 bits per heavy atom. The Hall–Kier alpha value is -1.41. The van der Waals surface area contributed by atoms with Crippen LogP contribution in [0.1, 0.15) is 86.0 Å². The smallest absolute Gasteiger partial charge is 0.389 e. The first-order valence-corrected chi connectivity index (χ1v) is 15.0. The van der Waals surface area contributed by atoms with Crippen LogP contribution in [0.25, 0.3) is 0 Å². The Morgan fingerprint density at radius 3 is 2.20 bits per heavy atom. The van der Waals surface area contributed by atoms with Gasteiger partial charge in [0.15, 0.2) is 5.09 Å². The van der Waals surface area contributed by atoms with E-state index in [1.54, 1.807) is 0 Å². The minimum Gasteiger partial charge on any atom is -0.456 e. The molecule has 0 aliphatic heterocycles. The number of ether oxygens (including phenoxy) is 1. The van der Waals surface area contributed by atoms with Gasteiger partial charge < -0.3 is 4.74 Å². The zero-order chi connectivity index (χ0) is 27.1. The van der Waals surface area contributed by atoms with Crippen molar-refractivity contribution in [2.45, 2.75) is 92.2 Å². The number of unbranched alkanes of at least 4 members (excludes halogenated alkanes) is 1. The first kappa shape index (κ1) is 33.6. The summed E-state index contributed by atoms with van der Waals surface area (Å²) in [4.78, 5) is 0. The fourth-order valence-corrected chi connectivity index (χ4v) is 5.32. The lowest BCUT2D eigenvalue weighted by molar-refractivity contribution is -0.135. The molecule has 35 heavy (non-hydrogen) atoms. The van der Waals surface area contributed by atoms with Gasteiger partial charge in [-0.25, -0.2) is 8.42 Å². The van der Waals surface area contributed by atoms with Crippen molar-refractivity contribution in [2.24, 2.45) is 0 Å². The Morgan fingerprint density at radius 1 is 0.971 bits per heavy atom. The summed E-state index contributed by atoms with van der Waals surface area (Å²) in [6.07, 6.45) is 2.50. The van der Waals surface area contributed by atoms with Crippen LogP contribution in [0.4, 0.5) is 13.2 Å². The molecular weight excluding hydrogens is 493 g/mol. The molecule has 0 bridgehead atoms. The molecule has 0 rings (SSSR count). The van der Waals surface area contributed by atoms with Gasteiger partial charge in [0.25, 0.3) is 0 Å². The van der Waals surface area contributed by atoms with Crippen LogP contribution in [0, 0.1) is 0 Å². The Labute approximate surface area is 215 Å². The van der Waals surface area contributed by atoms with Crippen molar-refractivity contribution in [1.29, 1.82) is 0 Å². The van der Waals surface area contributed by atoms with Crippen molar-refractivity contribution in [2.75, 3.05) is 17.3 Å². The Balaban J connectivity index is 5.16. The highest BCUT2D eigenvalue weighted by Gasteiger charge is 2.25. The predicted octanol–water partition coefficient (Wildman–Crippen LogP) is 9.07. The molecule has 0 aromatic rings. The van der Waals surface area contributed by atoms with E-state index in [1.807, 2.05) is 39.8 Å². The lowest BCUT2D eigenvalue weighted by Crippen LogP contribution is -2.10. The first-order chi connectivity index (χ1) is 16.2. The lowest BCUT2D eigenvalue weighted by Gasteiger charge is -2.12. The van der Waals surface area contributed by atoms with E-state index in [1.165, 1.54) is 11.8 Å². The van der Waals surface area contributed by atoms with E-state index in [2.05, 4.69) is 20.1 Å². The summed E-state index contributed by atoms with van der Waals surface area (Å²) < 4.78 is 67.1.